The van der Waals surface area contributed by atoms with Gasteiger partial charge < -0.3 is 9.13 Å². The monoisotopic (exact) mass is 1030 g/mol. The summed E-state index contributed by atoms with van der Waals surface area (Å²) in [5.41, 5.74) is 17.1. The third-order valence-corrected chi connectivity index (χ3v) is 17.0. The number of hydrogen-bond donors (Lipinski definition) is 0. The van der Waals surface area contributed by atoms with Crippen molar-refractivity contribution in [3.8, 4) is 46.3 Å². The molecule has 0 aliphatic rings. The average molecular weight is 1030 g/mol. The van der Waals surface area contributed by atoms with Crippen molar-refractivity contribution in [1.29, 1.82) is 10.5 Å². The van der Waals surface area contributed by atoms with Gasteiger partial charge in [-0.1, -0.05) is 159 Å². The highest BCUT2D eigenvalue weighted by Crippen LogP contribution is 2.50. The van der Waals surface area contributed by atoms with Crippen molar-refractivity contribution >= 4 is 87.2 Å². The summed E-state index contributed by atoms with van der Waals surface area (Å²) in [4.78, 5) is 6.43. The van der Waals surface area contributed by atoms with Gasteiger partial charge in [-0.25, -0.2) is 4.98 Å². The minimum atomic E-state index is 0.297. The van der Waals surface area contributed by atoms with E-state index in [9.17, 15) is 10.5 Å². The Morgan fingerprint density at radius 2 is 0.613 bits per heavy atom. The van der Waals surface area contributed by atoms with E-state index in [2.05, 4.69) is 256 Å². The first-order chi connectivity index (χ1) is 38.9. The standard InChI is InChI=1S/C73H59N7/c1-42(2)46-27-31-65-57(36-46)53-17-9-13-21-61(53)77(65)70-69(50-25-26-51(40-74)52(35-50)41-75)71(78-62-22-14-10-18-54(62)58-37-47(43(3)4)28-32-66(58)78)73(80-64-24-16-12-20-56(64)60-39-49(45(7)8)30-34-68(60)80)76-72(70)79-63-23-15-11-19-55(63)59-38-48(44(5)6)29-33-67(59)79/h9-39,42-45H,1-8H3. The molecule has 80 heavy (non-hydrogen) atoms. The summed E-state index contributed by atoms with van der Waals surface area (Å²) in [6.45, 7) is 18.0. The van der Waals surface area contributed by atoms with Crippen LogP contribution in [0.15, 0.2) is 188 Å². The molecule has 0 atom stereocenters. The molecular weight excluding hydrogens is 975 g/mol. The molecule has 14 rings (SSSR count). The molecule has 7 heteroatoms. The van der Waals surface area contributed by atoms with E-state index in [-0.39, 0.29) is 0 Å². The van der Waals surface area contributed by atoms with Gasteiger partial charge in [0.2, 0.25) is 0 Å². The highest BCUT2D eigenvalue weighted by Gasteiger charge is 2.33. The Morgan fingerprint density at radius 1 is 0.312 bits per heavy atom. The fourth-order valence-corrected chi connectivity index (χ4v) is 12.8. The second-order valence-corrected chi connectivity index (χ2v) is 23.0. The molecule has 0 spiro atoms. The average Bonchev–Trinajstić information content (AvgIpc) is 3.01. The molecule has 0 amide bonds. The van der Waals surface area contributed by atoms with E-state index in [1.165, 1.54) is 22.3 Å². The van der Waals surface area contributed by atoms with Crippen molar-refractivity contribution in [2.45, 2.75) is 79.1 Å². The van der Waals surface area contributed by atoms with E-state index in [0.717, 1.165) is 110 Å². The largest absolute Gasteiger partial charge is 0.305 e. The van der Waals surface area contributed by atoms with Crippen LogP contribution in [0.3, 0.4) is 0 Å². The van der Waals surface area contributed by atoms with Crippen molar-refractivity contribution in [1.82, 2.24) is 23.3 Å². The van der Waals surface area contributed by atoms with E-state index in [0.29, 0.717) is 46.4 Å². The number of nitriles is 2. The van der Waals surface area contributed by atoms with Gasteiger partial charge >= 0.3 is 0 Å². The lowest BCUT2D eigenvalue weighted by Crippen LogP contribution is -2.16. The van der Waals surface area contributed by atoms with Crippen molar-refractivity contribution < 1.29 is 0 Å². The smallest absolute Gasteiger partial charge is 0.165 e. The van der Waals surface area contributed by atoms with E-state index < -0.39 is 0 Å². The molecule has 0 saturated heterocycles. The second-order valence-electron chi connectivity index (χ2n) is 23.0. The maximum atomic E-state index is 11.1. The minimum absolute atomic E-state index is 0.297. The molecule has 7 nitrogen and oxygen atoms in total. The summed E-state index contributed by atoms with van der Waals surface area (Å²) in [5, 5.41) is 30.8. The van der Waals surface area contributed by atoms with E-state index >= 15 is 0 Å². The van der Waals surface area contributed by atoms with Crippen LogP contribution < -0.4 is 0 Å². The van der Waals surface area contributed by atoms with E-state index in [1.807, 2.05) is 18.2 Å². The molecule has 0 saturated carbocycles. The van der Waals surface area contributed by atoms with Gasteiger partial charge in [0.1, 0.15) is 23.5 Å². The summed E-state index contributed by atoms with van der Waals surface area (Å²) in [6.07, 6.45) is 0. The van der Waals surface area contributed by atoms with Crippen LogP contribution in [0.1, 0.15) is 112 Å². The number of benzene rings is 9. The fraction of sp³-hybridized carbons (Fsp3) is 0.164. The number of pyridine rings is 1. The zero-order valence-electron chi connectivity index (χ0n) is 46.3. The first-order valence-corrected chi connectivity index (χ1v) is 28.1. The van der Waals surface area contributed by atoms with Gasteiger partial charge in [-0.05, 0) is 136 Å². The van der Waals surface area contributed by atoms with E-state index in [1.54, 1.807) is 0 Å². The predicted molar refractivity (Wildman–Crippen MR) is 333 cm³/mol. The quantitative estimate of drug-likeness (QED) is 0.144. The maximum absolute atomic E-state index is 11.1. The first kappa shape index (κ1) is 48.7. The molecular formula is C73H59N7. The lowest BCUT2D eigenvalue weighted by Gasteiger charge is -2.27. The van der Waals surface area contributed by atoms with Crippen molar-refractivity contribution in [3.63, 3.8) is 0 Å². The molecule has 5 aromatic heterocycles. The summed E-state index contributed by atoms with van der Waals surface area (Å²) in [7, 11) is 0. The third kappa shape index (κ3) is 7.20. The van der Waals surface area contributed by atoms with Crippen LogP contribution in [0.4, 0.5) is 0 Å². The van der Waals surface area contributed by atoms with Crippen molar-refractivity contribution in [2.75, 3.05) is 0 Å². The Labute approximate surface area is 465 Å². The number of hydrogen-bond acceptors (Lipinski definition) is 3. The third-order valence-electron chi connectivity index (χ3n) is 17.0. The molecule has 0 unspecified atom stereocenters. The Hall–Kier alpha value is -9.69. The number of rotatable bonds is 9. The van der Waals surface area contributed by atoms with Gasteiger partial charge in [0.25, 0.3) is 0 Å². The minimum Gasteiger partial charge on any atom is -0.305 e. The lowest BCUT2D eigenvalue weighted by atomic mass is 9.96. The van der Waals surface area contributed by atoms with Gasteiger partial charge in [-0.2, -0.15) is 10.5 Å². The maximum Gasteiger partial charge on any atom is 0.165 e. The van der Waals surface area contributed by atoms with Gasteiger partial charge in [0.05, 0.1) is 55.3 Å². The number of nitrogens with zero attached hydrogens (tertiary/aromatic N) is 7. The SMILES string of the molecule is CC(C)c1ccc2c(c1)c1ccccc1n2-c1nc(-n2c3ccccc3c3cc(C(C)C)ccc32)c(-n2c3ccccc3c3cc(C(C)C)ccc32)c(-c2ccc(C#N)c(C#N)c2)c1-n1c2ccccc2c2cc(C(C)C)ccc21. The highest BCUT2D eigenvalue weighted by molar-refractivity contribution is 6.16. The molecule has 9 aromatic carbocycles. The molecule has 0 radical (unpaired) electrons. The molecule has 0 aliphatic carbocycles. The predicted octanol–water partition coefficient (Wildman–Crippen LogP) is 19.4. The molecule has 0 aliphatic heterocycles. The van der Waals surface area contributed by atoms with E-state index in [4.69, 9.17) is 4.98 Å². The Kier molecular flexibility index (Phi) is 11.2. The van der Waals surface area contributed by atoms with Crippen LogP contribution in [0.25, 0.3) is 121 Å². The molecule has 0 bridgehead atoms. The summed E-state index contributed by atoms with van der Waals surface area (Å²) >= 11 is 0. The summed E-state index contributed by atoms with van der Waals surface area (Å²) in [6, 6.07) is 73.3. The molecule has 5 heterocycles. The van der Waals surface area contributed by atoms with Crippen LogP contribution in [0.5, 0.6) is 0 Å². The number of fused-ring (bicyclic) bond motifs is 12. The zero-order valence-corrected chi connectivity index (χ0v) is 46.3. The first-order valence-electron chi connectivity index (χ1n) is 28.1. The highest BCUT2D eigenvalue weighted by atomic mass is 15.2. The van der Waals surface area contributed by atoms with Crippen LogP contribution in [-0.2, 0) is 0 Å². The van der Waals surface area contributed by atoms with Gasteiger partial charge in [0, 0.05) is 48.7 Å². The van der Waals surface area contributed by atoms with Crippen molar-refractivity contribution in [3.05, 3.63) is 221 Å². The van der Waals surface area contributed by atoms with Gasteiger partial charge in [-0.3, -0.25) is 9.13 Å². The molecule has 14 aromatic rings. The van der Waals surface area contributed by atoms with Crippen LogP contribution in [0.2, 0.25) is 0 Å². The van der Waals surface area contributed by atoms with Crippen LogP contribution >= 0.6 is 0 Å². The van der Waals surface area contributed by atoms with Crippen molar-refractivity contribution in [2.24, 2.45) is 0 Å². The fourth-order valence-electron chi connectivity index (χ4n) is 12.8. The lowest BCUT2D eigenvalue weighted by molar-refractivity contribution is 0.868. The van der Waals surface area contributed by atoms with Crippen LogP contribution in [0, 0.1) is 22.7 Å². The van der Waals surface area contributed by atoms with Crippen LogP contribution in [-0.4, -0.2) is 23.3 Å². The van der Waals surface area contributed by atoms with Gasteiger partial charge in [-0.15, -0.1) is 0 Å². The van der Waals surface area contributed by atoms with Gasteiger partial charge in [0.15, 0.2) is 11.6 Å². The summed E-state index contributed by atoms with van der Waals surface area (Å²) in [5.74, 6) is 2.64. The Balaban J connectivity index is 1.32. The molecule has 0 N–H and O–H groups in total. The normalized spacial score (nSPS) is 12.2. The molecule has 0 fully saturated rings. The zero-order chi connectivity index (χ0) is 54.8. The number of aromatic nitrogens is 5. The molecule has 386 valence electrons. The second kappa shape index (κ2) is 18.5. The Morgan fingerprint density at radius 3 is 0.938 bits per heavy atom. The summed E-state index contributed by atoms with van der Waals surface area (Å²) < 4.78 is 9.67. The number of para-hydroxylation sites is 4. The topological polar surface area (TPSA) is 80.2 Å². The Bertz CT molecular complexity index is 4720.